The Bertz CT molecular complexity index is 1470. The molecule has 2 aliphatic rings. The molecule has 1 saturated heterocycles. The van der Waals surface area contributed by atoms with Crippen molar-refractivity contribution in [2.24, 2.45) is 0 Å². The summed E-state index contributed by atoms with van der Waals surface area (Å²) in [6, 6.07) is 19.3. The van der Waals surface area contributed by atoms with Gasteiger partial charge in [-0.1, -0.05) is 48.2 Å². The number of fused-ring (bicyclic) bond motifs is 1. The standard InChI is InChI=1S/C26H18N4O3S2/c31-25-23(35-26(34)29(25)14-17-6-7-21-22(12-17)33-16-32-21)13-19-15-30(20-4-2-1-3-5-20)28-24(19)18-8-10-27-11-9-18/h1-13,15H,14,16H2. The molecule has 2 aromatic heterocycles. The van der Waals surface area contributed by atoms with Crippen molar-refractivity contribution in [3.63, 3.8) is 0 Å². The predicted octanol–water partition coefficient (Wildman–Crippen LogP) is 5.06. The molecule has 4 heterocycles. The molecule has 4 aromatic rings. The minimum absolute atomic E-state index is 0.134. The van der Waals surface area contributed by atoms with Crippen LogP contribution in [-0.4, -0.2) is 36.7 Å². The van der Waals surface area contributed by atoms with E-state index in [9.17, 15) is 4.79 Å². The largest absolute Gasteiger partial charge is 0.454 e. The minimum atomic E-state index is -0.134. The summed E-state index contributed by atoms with van der Waals surface area (Å²) in [7, 11) is 0. The number of amides is 1. The predicted molar refractivity (Wildman–Crippen MR) is 138 cm³/mol. The van der Waals surface area contributed by atoms with Gasteiger partial charge in [-0.15, -0.1) is 0 Å². The van der Waals surface area contributed by atoms with Gasteiger partial charge in [0.15, 0.2) is 11.5 Å². The average molecular weight is 499 g/mol. The lowest BCUT2D eigenvalue weighted by Crippen LogP contribution is -2.27. The second-order valence-corrected chi connectivity index (χ2v) is 9.58. The molecule has 0 bridgehead atoms. The Morgan fingerprint density at radius 3 is 2.66 bits per heavy atom. The average Bonchev–Trinajstić information content (AvgIpc) is 3.60. The normalized spacial score (nSPS) is 15.9. The number of carbonyl (C=O) groups excluding carboxylic acids is 1. The Labute approximate surface area is 211 Å². The number of thiocarbonyl (C=S) groups is 1. The smallest absolute Gasteiger partial charge is 0.266 e. The molecule has 2 aromatic carbocycles. The monoisotopic (exact) mass is 498 g/mol. The fraction of sp³-hybridized carbons (Fsp3) is 0.0769. The SMILES string of the molecule is O=C1C(=Cc2cn(-c3ccccc3)nc2-c2ccncc2)SC(=S)N1Cc1ccc2c(c1)OCO2. The highest BCUT2D eigenvalue weighted by atomic mass is 32.2. The van der Waals surface area contributed by atoms with Gasteiger partial charge in [-0.3, -0.25) is 14.7 Å². The van der Waals surface area contributed by atoms with Crippen LogP contribution in [0.4, 0.5) is 0 Å². The molecule has 0 spiro atoms. The van der Waals surface area contributed by atoms with Crippen LogP contribution in [0.25, 0.3) is 23.0 Å². The molecule has 0 unspecified atom stereocenters. The summed E-state index contributed by atoms with van der Waals surface area (Å²) in [5, 5.41) is 4.81. The molecule has 0 atom stereocenters. The molecule has 2 aliphatic heterocycles. The Morgan fingerprint density at radius 2 is 1.83 bits per heavy atom. The van der Waals surface area contributed by atoms with Crippen molar-refractivity contribution in [2.45, 2.75) is 6.54 Å². The van der Waals surface area contributed by atoms with Crippen LogP contribution in [-0.2, 0) is 11.3 Å². The van der Waals surface area contributed by atoms with Crippen molar-refractivity contribution < 1.29 is 14.3 Å². The van der Waals surface area contributed by atoms with Gasteiger partial charge in [0, 0.05) is 29.7 Å². The van der Waals surface area contributed by atoms with Gasteiger partial charge >= 0.3 is 0 Å². The van der Waals surface area contributed by atoms with Gasteiger partial charge < -0.3 is 9.47 Å². The van der Waals surface area contributed by atoms with Crippen LogP contribution in [0.2, 0.25) is 0 Å². The summed E-state index contributed by atoms with van der Waals surface area (Å²) < 4.78 is 13.2. The molecule has 0 N–H and O–H groups in total. The van der Waals surface area contributed by atoms with E-state index in [1.165, 1.54) is 11.8 Å². The third kappa shape index (κ3) is 4.20. The minimum Gasteiger partial charge on any atom is -0.454 e. The first-order valence-corrected chi connectivity index (χ1v) is 12.1. The van der Waals surface area contributed by atoms with Gasteiger partial charge in [0.1, 0.15) is 10.0 Å². The van der Waals surface area contributed by atoms with Gasteiger partial charge in [-0.2, -0.15) is 5.10 Å². The van der Waals surface area contributed by atoms with Gasteiger partial charge in [0.05, 0.1) is 17.1 Å². The van der Waals surface area contributed by atoms with Crippen LogP contribution in [0.3, 0.4) is 0 Å². The molecular weight excluding hydrogens is 480 g/mol. The van der Waals surface area contributed by atoms with E-state index in [-0.39, 0.29) is 12.7 Å². The number of ether oxygens (including phenoxy) is 2. The summed E-state index contributed by atoms with van der Waals surface area (Å²) in [5.74, 6) is 1.25. The maximum Gasteiger partial charge on any atom is 0.266 e. The topological polar surface area (TPSA) is 69.5 Å². The number of nitrogens with zero attached hydrogens (tertiary/aromatic N) is 4. The third-order valence-electron chi connectivity index (χ3n) is 5.65. The lowest BCUT2D eigenvalue weighted by atomic mass is 10.1. The van der Waals surface area contributed by atoms with E-state index < -0.39 is 0 Å². The summed E-state index contributed by atoms with van der Waals surface area (Å²) in [4.78, 5) is 19.6. The molecule has 0 saturated carbocycles. The zero-order chi connectivity index (χ0) is 23.8. The fourth-order valence-electron chi connectivity index (χ4n) is 3.94. The van der Waals surface area contributed by atoms with Crippen LogP contribution >= 0.6 is 24.0 Å². The lowest BCUT2D eigenvalue weighted by molar-refractivity contribution is -0.122. The highest BCUT2D eigenvalue weighted by molar-refractivity contribution is 8.26. The Kier molecular flexibility index (Phi) is 5.55. The van der Waals surface area contributed by atoms with E-state index in [0.717, 1.165) is 28.1 Å². The molecule has 0 aliphatic carbocycles. The third-order valence-corrected chi connectivity index (χ3v) is 7.03. The Hall–Kier alpha value is -3.95. The van der Waals surface area contributed by atoms with E-state index in [2.05, 4.69) is 4.98 Å². The molecule has 9 heteroatoms. The second kappa shape index (κ2) is 9.01. The molecule has 1 fully saturated rings. The first-order valence-electron chi connectivity index (χ1n) is 10.8. The quantitative estimate of drug-likeness (QED) is 0.281. The van der Waals surface area contributed by atoms with Crippen LogP contribution < -0.4 is 9.47 Å². The van der Waals surface area contributed by atoms with Crippen LogP contribution in [0, 0.1) is 0 Å². The molecule has 172 valence electrons. The number of para-hydroxylation sites is 1. The second-order valence-electron chi connectivity index (χ2n) is 7.90. The molecule has 1 amide bonds. The number of aromatic nitrogens is 3. The molecule has 6 rings (SSSR count). The number of carbonyl (C=O) groups is 1. The van der Waals surface area contributed by atoms with Crippen LogP contribution in [0.5, 0.6) is 11.5 Å². The van der Waals surface area contributed by atoms with Crippen LogP contribution in [0.1, 0.15) is 11.1 Å². The van der Waals surface area contributed by atoms with Gasteiger partial charge in [0.25, 0.3) is 5.91 Å². The molecular formula is C26H18N4O3S2. The zero-order valence-electron chi connectivity index (χ0n) is 18.3. The first kappa shape index (κ1) is 21.6. The maximum absolute atomic E-state index is 13.3. The van der Waals surface area contributed by atoms with Crippen molar-refractivity contribution in [2.75, 3.05) is 6.79 Å². The number of thioether (sulfide) groups is 1. The summed E-state index contributed by atoms with van der Waals surface area (Å²) in [6.07, 6.45) is 7.24. The summed E-state index contributed by atoms with van der Waals surface area (Å²) in [5.41, 5.74) is 4.34. The van der Waals surface area contributed by atoms with E-state index >= 15 is 0 Å². The number of rotatable bonds is 5. The van der Waals surface area contributed by atoms with Crippen LogP contribution in [0.15, 0.2) is 84.2 Å². The van der Waals surface area contributed by atoms with Crippen molar-refractivity contribution in [3.8, 4) is 28.4 Å². The Morgan fingerprint density at radius 1 is 1.03 bits per heavy atom. The van der Waals surface area contributed by atoms with E-state index in [0.29, 0.717) is 27.3 Å². The lowest BCUT2D eigenvalue weighted by Gasteiger charge is -2.14. The molecule has 0 radical (unpaired) electrons. The fourth-order valence-corrected chi connectivity index (χ4v) is 5.19. The van der Waals surface area contributed by atoms with E-state index in [1.807, 2.05) is 77.6 Å². The van der Waals surface area contributed by atoms with Crippen molar-refractivity contribution in [1.82, 2.24) is 19.7 Å². The van der Waals surface area contributed by atoms with Gasteiger partial charge in [-0.25, -0.2) is 4.68 Å². The van der Waals surface area contributed by atoms with Crippen molar-refractivity contribution >= 4 is 40.3 Å². The van der Waals surface area contributed by atoms with Crippen molar-refractivity contribution in [3.05, 3.63) is 95.3 Å². The van der Waals surface area contributed by atoms with Gasteiger partial charge in [0.2, 0.25) is 6.79 Å². The maximum atomic E-state index is 13.3. The Balaban J connectivity index is 1.33. The number of hydrogen-bond acceptors (Lipinski definition) is 7. The highest BCUT2D eigenvalue weighted by Crippen LogP contribution is 2.37. The summed E-state index contributed by atoms with van der Waals surface area (Å²) in [6.45, 7) is 0.568. The molecule has 7 nitrogen and oxygen atoms in total. The first-order chi connectivity index (χ1) is 17.2. The summed E-state index contributed by atoms with van der Waals surface area (Å²) >= 11 is 6.85. The molecule has 35 heavy (non-hydrogen) atoms. The van der Waals surface area contributed by atoms with E-state index in [1.54, 1.807) is 17.3 Å². The van der Waals surface area contributed by atoms with E-state index in [4.69, 9.17) is 26.8 Å². The van der Waals surface area contributed by atoms with Gasteiger partial charge in [-0.05, 0) is 48.0 Å². The zero-order valence-corrected chi connectivity index (χ0v) is 20.0. The highest BCUT2D eigenvalue weighted by Gasteiger charge is 2.33. The number of benzene rings is 2. The number of hydrogen-bond donors (Lipinski definition) is 0. The van der Waals surface area contributed by atoms with Crippen molar-refractivity contribution in [1.29, 1.82) is 0 Å². The number of pyridine rings is 1.